The van der Waals surface area contributed by atoms with E-state index in [9.17, 15) is 0 Å². The second-order valence-electron chi connectivity index (χ2n) is 26.0. The molecular formula is C101H91Ir3N9O3-6. The molecule has 116 heavy (non-hydrogen) atoms. The number of aryl methyl sites for hydroxylation is 11. The summed E-state index contributed by atoms with van der Waals surface area (Å²) in [5.41, 5.74) is 11.3. The zero-order valence-corrected chi connectivity index (χ0v) is 70.3. The van der Waals surface area contributed by atoms with Crippen molar-refractivity contribution in [2.24, 2.45) is 0 Å². The Morgan fingerprint density at radius 3 is 1.06 bits per heavy atom. The molecule has 0 N–H and O–H groups in total. The normalized spacial score (nSPS) is 17.6. The van der Waals surface area contributed by atoms with E-state index in [1.807, 2.05) is 110 Å². The number of pyridine rings is 9. The Labute approximate surface area is 768 Å². The fraction of sp³-hybridized carbons (Fsp3) is 0.198. The number of benzene rings is 6. The minimum absolute atomic E-state index is 0. The molecule has 12 aromatic heterocycles. The third-order valence-electron chi connectivity index (χ3n) is 17.9. The first-order valence-electron chi connectivity index (χ1n) is 51.7. The Morgan fingerprint density at radius 1 is 0.302 bits per heavy atom. The van der Waals surface area contributed by atoms with Crippen molar-refractivity contribution in [2.45, 2.75) is 135 Å². The van der Waals surface area contributed by atoms with Crippen LogP contribution in [0.2, 0.25) is 0 Å². The predicted molar refractivity (Wildman–Crippen MR) is 461 cm³/mol. The van der Waals surface area contributed by atoms with Gasteiger partial charge in [0, 0.05) is 176 Å². The summed E-state index contributed by atoms with van der Waals surface area (Å²) in [6.07, 6.45) is 9.22. The Morgan fingerprint density at radius 2 is 0.664 bits per heavy atom. The number of nitrogens with zero attached hydrogens (tertiary/aromatic N) is 9. The summed E-state index contributed by atoms with van der Waals surface area (Å²) < 4.78 is 272. The molecule has 0 fully saturated rings. The molecule has 18 aromatic rings. The van der Waals surface area contributed by atoms with Crippen molar-refractivity contribution in [2.75, 3.05) is 0 Å². The van der Waals surface area contributed by atoms with Gasteiger partial charge in [-0.2, -0.15) is 0 Å². The number of fused-ring (bicyclic) bond motifs is 9. The molecule has 0 amide bonds. The standard InChI is InChI=1S/2C21H19N2O.C20H17N2O.3C13H12N.3Ir/c2*1-12(2)18-10-19(22-11-13(18)3)17-7-5-6-15-16-9-8-14(4)23-21(16)24-20(15)17;1-12(2)17-11-22-18(10-13(17)3)16-7-4-6-14-15-8-5-9-21-20(15)23-19(14)16;3*1-10-8-13(14-9-11(10)2)12-6-4-3-5-7-12;;;/h2*5-6,8-12H,1-4H3;4-6,8-12H,1-3H3;3*3-6,8-9H,1-2H3;;;/q6*-1;;;/i1D3,3D3,4D3,12D;2*1D3,3D3,12D;3*2D3;;;. The average Bonchev–Trinajstić information content (AvgIpc) is 1.70. The zero-order chi connectivity index (χ0) is 107. The van der Waals surface area contributed by atoms with E-state index in [0.29, 0.717) is 66.7 Å². The largest absolute Gasteiger partial charge is 0.486 e. The molecule has 591 valence electrons. The maximum atomic E-state index is 8.49. The van der Waals surface area contributed by atoms with E-state index in [1.165, 1.54) is 56.7 Å². The first-order chi connectivity index (χ1) is 67.7. The van der Waals surface area contributed by atoms with Gasteiger partial charge in [-0.3, -0.25) is 0 Å². The predicted octanol–water partition coefficient (Wildman–Crippen LogP) is 25.9. The van der Waals surface area contributed by atoms with E-state index >= 15 is 0 Å². The fourth-order valence-corrected chi connectivity index (χ4v) is 11.9. The Bertz CT molecular complexity index is 7580. The maximum absolute atomic E-state index is 8.49. The van der Waals surface area contributed by atoms with Crippen LogP contribution in [-0.4, -0.2) is 44.9 Å². The van der Waals surface area contributed by atoms with Gasteiger partial charge in [-0.15, -0.1) is 162 Å². The van der Waals surface area contributed by atoms with Gasteiger partial charge >= 0.3 is 0 Å². The molecule has 0 aliphatic heterocycles. The summed E-state index contributed by atoms with van der Waals surface area (Å²) in [5.74, 6) is -6.53. The summed E-state index contributed by atoms with van der Waals surface area (Å²) in [4.78, 5) is 38.1. The van der Waals surface area contributed by atoms with E-state index in [-0.39, 0.29) is 128 Å². The molecule has 12 nitrogen and oxygen atoms in total. The summed E-state index contributed by atoms with van der Waals surface area (Å²) in [6, 6.07) is 70.7. The van der Waals surface area contributed by atoms with Crippen molar-refractivity contribution < 1.29 is 119 Å². The molecule has 0 aliphatic carbocycles. The zero-order valence-electron chi connectivity index (χ0n) is 96.1. The van der Waals surface area contributed by atoms with Crippen molar-refractivity contribution >= 4 is 66.2 Å². The number of furan rings is 3. The minimum atomic E-state index is -2.81. The van der Waals surface area contributed by atoms with Gasteiger partial charge in [0.2, 0.25) is 17.1 Å². The first-order valence-corrected chi connectivity index (χ1v) is 35.2. The van der Waals surface area contributed by atoms with Crippen LogP contribution in [0.3, 0.4) is 0 Å². The van der Waals surface area contributed by atoms with E-state index in [0.717, 1.165) is 103 Å². The number of aromatic nitrogens is 9. The Kier molecular flexibility index (Phi) is 17.9. The molecule has 0 spiro atoms. The number of hydrogen-bond acceptors (Lipinski definition) is 12. The smallest absolute Gasteiger partial charge is 0.216 e. The molecule has 0 aliphatic rings. The van der Waals surface area contributed by atoms with Crippen LogP contribution in [0.4, 0.5) is 0 Å². The molecule has 18 rings (SSSR count). The SMILES string of the molecule is [2H]C([2H])([2H])c1cc(-c2[c-]ccc3c2oc2ncccc23)ncc1C([2H])(C)C([2H])([2H])[2H].[2H]C([2H])([2H])c1ccc2c(n1)oc1c(-c3cc(C([2H])(C)C([2H])([2H])[2H])c(C([2H])([2H])[2H])cn3)[c-]ccc12.[2H]C([2H])([2H])c1cnc(-c2[c-]ccc3c2oc2nc(C)ccc23)cc1C([2H])(C)C([2H])([2H])[2H].[2H]C([2H])([2H])c1cnc(-c2[c-]cccc2)cc1C.[2H]C([2H])([2H])c1cnc(-c2[c-]cccc2)cc1C.[2H]C([2H])([2H])c1cnc(-c2[c-]cccc2)cc1C.[Ir].[Ir].[Ir]. The van der Waals surface area contributed by atoms with E-state index in [1.54, 1.807) is 81.6 Å². The van der Waals surface area contributed by atoms with Gasteiger partial charge in [-0.05, 0) is 208 Å². The van der Waals surface area contributed by atoms with Crippen LogP contribution >= 0.6 is 0 Å². The summed E-state index contributed by atoms with van der Waals surface area (Å²) in [5, 5.41) is 4.33. The third kappa shape index (κ3) is 20.3. The Hall–Kier alpha value is -11.0. The van der Waals surface area contributed by atoms with E-state index in [4.69, 9.17) is 58.5 Å². The average molecular weight is 2090 g/mol. The van der Waals surface area contributed by atoms with Gasteiger partial charge in [0.25, 0.3) is 0 Å². The van der Waals surface area contributed by atoms with Gasteiger partial charge in [-0.1, -0.05) is 133 Å². The van der Waals surface area contributed by atoms with Crippen LogP contribution in [0, 0.1) is 112 Å². The van der Waals surface area contributed by atoms with E-state index < -0.39 is 86.2 Å². The number of rotatable bonds is 9. The second-order valence-corrected chi connectivity index (χ2v) is 26.0. The van der Waals surface area contributed by atoms with E-state index in [2.05, 4.69) is 81.3 Å². The summed E-state index contributed by atoms with van der Waals surface area (Å²) >= 11 is 0. The molecule has 0 bridgehead atoms. The number of hydrogen-bond donors (Lipinski definition) is 0. The monoisotopic (exact) mass is 2090 g/mol. The molecule has 3 radical (unpaired) electrons. The molecule has 3 atom stereocenters. The molecule has 6 aromatic carbocycles. The van der Waals surface area contributed by atoms with Crippen LogP contribution in [0.1, 0.15) is 182 Å². The second kappa shape index (κ2) is 39.6. The van der Waals surface area contributed by atoms with Crippen LogP contribution in [0.15, 0.2) is 239 Å². The topological polar surface area (TPSA) is 155 Å². The Balaban J connectivity index is 0.000000186. The van der Waals surface area contributed by atoms with Gasteiger partial charge in [0.1, 0.15) is 0 Å². The summed E-state index contributed by atoms with van der Waals surface area (Å²) in [6.45, 7) is -14.2. The van der Waals surface area contributed by atoms with Crippen molar-refractivity contribution in [1.29, 1.82) is 0 Å². The first kappa shape index (κ1) is 52.6. The van der Waals surface area contributed by atoms with Crippen molar-refractivity contribution in [1.82, 2.24) is 44.9 Å². The van der Waals surface area contributed by atoms with Crippen LogP contribution in [-0.2, 0) is 60.3 Å². The van der Waals surface area contributed by atoms with Crippen LogP contribution in [0.5, 0.6) is 0 Å². The maximum Gasteiger partial charge on any atom is 0.216 e. The van der Waals surface area contributed by atoms with Crippen LogP contribution in [0.25, 0.3) is 134 Å². The molecular weight excluding hydrogens is 1960 g/mol. The van der Waals surface area contributed by atoms with Gasteiger partial charge < -0.3 is 43.2 Å². The van der Waals surface area contributed by atoms with Gasteiger partial charge in [0.15, 0.2) is 0 Å². The quantitative estimate of drug-likeness (QED) is 0.126. The van der Waals surface area contributed by atoms with Crippen molar-refractivity contribution in [3.63, 3.8) is 0 Å². The third-order valence-corrected chi connectivity index (χ3v) is 17.9. The molecule has 12 heterocycles. The molecule has 3 unspecified atom stereocenters. The minimum Gasteiger partial charge on any atom is -0.486 e. The van der Waals surface area contributed by atoms with Crippen molar-refractivity contribution in [3.05, 3.63) is 340 Å². The van der Waals surface area contributed by atoms with Gasteiger partial charge in [-0.25, -0.2) is 15.0 Å². The van der Waals surface area contributed by atoms with Crippen LogP contribution < -0.4 is 0 Å². The fourth-order valence-electron chi connectivity index (χ4n) is 11.9. The molecule has 15 heteroatoms. The van der Waals surface area contributed by atoms with Gasteiger partial charge in [0.05, 0.1) is 16.7 Å². The van der Waals surface area contributed by atoms with Crippen molar-refractivity contribution in [3.8, 4) is 67.5 Å². The summed E-state index contributed by atoms with van der Waals surface area (Å²) in [7, 11) is 0. The molecule has 0 saturated heterocycles. The molecule has 0 saturated carbocycles.